The lowest BCUT2D eigenvalue weighted by molar-refractivity contribution is 0.0378. The Kier molecular flexibility index (Phi) is 11.7. The smallest absolute Gasteiger partial charge is 0.410 e. The van der Waals surface area contributed by atoms with Gasteiger partial charge in [-0.2, -0.15) is 4.98 Å². The van der Waals surface area contributed by atoms with Gasteiger partial charge >= 0.3 is 6.09 Å². The molecule has 0 atom stereocenters. The molecule has 0 spiro atoms. The number of carbonyl (C=O) groups excluding carboxylic acids is 1. The molecule has 7 rings (SSSR count). The Bertz CT molecular complexity index is 1740. The highest BCUT2D eigenvalue weighted by Crippen LogP contribution is 2.36. The molecule has 3 aliphatic heterocycles. The number of benzene rings is 3. The molecule has 4 heterocycles. The van der Waals surface area contributed by atoms with Crippen molar-refractivity contribution in [1.29, 1.82) is 0 Å². The summed E-state index contributed by atoms with van der Waals surface area (Å²) in [6, 6.07) is 22.7. The highest BCUT2D eigenvalue weighted by molar-refractivity contribution is 5.96. The number of anilines is 3. The van der Waals surface area contributed by atoms with Gasteiger partial charge in [-0.05, 0) is 42.8 Å². The summed E-state index contributed by atoms with van der Waals surface area (Å²) in [5, 5.41) is 5.96. The van der Waals surface area contributed by atoms with Crippen LogP contribution in [0.4, 0.5) is 22.2 Å². The number of morpholine rings is 1. The normalized spacial score (nSPS) is 16.6. The van der Waals surface area contributed by atoms with Gasteiger partial charge < -0.3 is 34.2 Å². The van der Waals surface area contributed by atoms with E-state index in [1.807, 2.05) is 30.3 Å². The molecule has 3 aliphatic rings. The zero-order valence-electron chi connectivity index (χ0n) is 29.9. The van der Waals surface area contributed by atoms with Gasteiger partial charge in [-0.3, -0.25) is 4.90 Å². The second-order valence-corrected chi connectivity index (χ2v) is 13.6. The number of amides is 1. The zero-order chi connectivity index (χ0) is 34.8. The summed E-state index contributed by atoms with van der Waals surface area (Å²) in [4.78, 5) is 32.3. The Labute approximate surface area is 301 Å². The standard InChI is InChI=1S/C40H51N7O4/c1-2-3-24-50-33-27-32-12-7-8-13-34(32)37(28-33)47-17-14-35-36(29-47)42-39(41-15-9-16-44-22-25-49-26-23-44)43-38(35)45-18-20-46(21-19-45)40(48)51-30-31-10-5-4-6-11-31/h4-8,10-13,27-28H,2-3,9,14-26,29-30H2,1H3,(H,41,42,43). The number of hydrogen-bond donors (Lipinski definition) is 1. The maximum absolute atomic E-state index is 12.9. The van der Waals surface area contributed by atoms with Crippen LogP contribution in [-0.4, -0.2) is 105 Å². The number of carbonyl (C=O) groups is 1. The molecule has 11 nitrogen and oxygen atoms in total. The van der Waals surface area contributed by atoms with Crippen LogP contribution in [0.25, 0.3) is 10.8 Å². The quantitative estimate of drug-likeness (QED) is 0.169. The predicted molar refractivity (Wildman–Crippen MR) is 202 cm³/mol. The molecule has 0 unspecified atom stereocenters. The van der Waals surface area contributed by atoms with E-state index in [0.717, 1.165) is 94.4 Å². The van der Waals surface area contributed by atoms with Crippen LogP contribution in [0.1, 0.15) is 43.0 Å². The minimum atomic E-state index is -0.269. The van der Waals surface area contributed by atoms with E-state index in [1.165, 1.54) is 22.0 Å². The number of nitrogens with zero attached hydrogens (tertiary/aromatic N) is 6. The number of nitrogens with one attached hydrogen (secondary N) is 1. The zero-order valence-corrected chi connectivity index (χ0v) is 29.9. The third-order valence-electron chi connectivity index (χ3n) is 10.0. The number of unbranched alkanes of at least 4 members (excludes halogenated alkanes) is 1. The molecule has 0 aliphatic carbocycles. The Hall–Kier alpha value is -4.61. The molecule has 3 aromatic carbocycles. The molecule has 11 heteroatoms. The average molecular weight is 694 g/mol. The van der Waals surface area contributed by atoms with Crippen LogP contribution in [0.15, 0.2) is 66.7 Å². The Morgan fingerprint density at radius 1 is 0.882 bits per heavy atom. The maximum Gasteiger partial charge on any atom is 0.410 e. The summed E-state index contributed by atoms with van der Waals surface area (Å²) in [6.07, 6.45) is 3.70. The molecule has 1 amide bonds. The van der Waals surface area contributed by atoms with E-state index in [1.54, 1.807) is 4.90 Å². The first-order valence-electron chi connectivity index (χ1n) is 18.7. The van der Waals surface area contributed by atoms with Gasteiger partial charge in [0, 0.05) is 75.1 Å². The van der Waals surface area contributed by atoms with Crippen molar-refractivity contribution in [2.45, 2.75) is 45.8 Å². The topological polar surface area (TPSA) is 95.5 Å². The van der Waals surface area contributed by atoms with Crippen molar-refractivity contribution in [3.63, 3.8) is 0 Å². The Balaban J connectivity index is 1.08. The molecule has 1 aromatic heterocycles. The van der Waals surface area contributed by atoms with Crippen molar-refractivity contribution in [1.82, 2.24) is 19.8 Å². The van der Waals surface area contributed by atoms with Gasteiger partial charge in [-0.15, -0.1) is 0 Å². The van der Waals surface area contributed by atoms with Crippen LogP contribution in [0.2, 0.25) is 0 Å². The van der Waals surface area contributed by atoms with Gasteiger partial charge in [0.15, 0.2) is 0 Å². The average Bonchev–Trinajstić information content (AvgIpc) is 3.18. The SMILES string of the molecule is CCCCOc1cc(N2CCc3c(nc(NCCCN4CCOCC4)nc3N3CCN(C(=O)OCc4ccccc4)CC3)C2)c2ccccc2c1. The first-order chi connectivity index (χ1) is 25.1. The van der Waals surface area contributed by atoms with E-state index in [0.29, 0.717) is 45.3 Å². The number of piperazine rings is 1. The van der Waals surface area contributed by atoms with Crippen molar-refractivity contribution < 1.29 is 19.0 Å². The first-order valence-corrected chi connectivity index (χ1v) is 18.7. The summed E-state index contributed by atoms with van der Waals surface area (Å²) in [7, 11) is 0. The van der Waals surface area contributed by atoms with E-state index in [9.17, 15) is 4.79 Å². The molecule has 0 saturated carbocycles. The minimum Gasteiger partial charge on any atom is -0.493 e. The number of aromatic nitrogens is 2. The summed E-state index contributed by atoms with van der Waals surface area (Å²) in [5.41, 5.74) is 4.41. The monoisotopic (exact) mass is 693 g/mol. The summed E-state index contributed by atoms with van der Waals surface area (Å²) < 4.78 is 17.4. The van der Waals surface area contributed by atoms with E-state index in [2.05, 4.69) is 63.3 Å². The van der Waals surface area contributed by atoms with E-state index < -0.39 is 0 Å². The Morgan fingerprint density at radius 2 is 1.69 bits per heavy atom. The van der Waals surface area contributed by atoms with Gasteiger partial charge in [0.05, 0.1) is 32.1 Å². The molecule has 51 heavy (non-hydrogen) atoms. The van der Waals surface area contributed by atoms with Crippen molar-refractivity contribution in [3.8, 4) is 5.75 Å². The first kappa shape index (κ1) is 34.8. The number of ether oxygens (including phenoxy) is 3. The van der Waals surface area contributed by atoms with Crippen LogP contribution in [0.3, 0.4) is 0 Å². The summed E-state index contributed by atoms with van der Waals surface area (Å²) >= 11 is 0. The molecule has 2 saturated heterocycles. The fourth-order valence-electron chi connectivity index (χ4n) is 7.14. The summed E-state index contributed by atoms with van der Waals surface area (Å²) in [6.45, 7) is 12.6. The number of fused-ring (bicyclic) bond motifs is 2. The third kappa shape index (κ3) is 8.83. The fraction of sp³-hybridized carbons (Fsp3) is 0.475. The van der Waals surface area contributed by atoms with Gasteiger partial charge in [-0.25, -0.2) is 9.78 Å². The van der Waals surface area contributed by atoms with Gasteiger partial charge in [0.1, 0.15) is 18.2 Å². The molecule has 0 radical (unpaired) electrons. The molecular formula is C40H51N7O4. The minimum absolute atomic E-state index is 0.269. The number of rotatable bonds is 13. The second kappa shape index (κ2) is 17.1. The lowest BCUT2D eigenvalue weighted by Gasteiger charge is -2.38. The molecule has 4 aromatic rings. The van der Waals surface area contributed by atoms with Gasteiger partial charge in [0.25, 0.3) is 0 Å². The van der Waals surface area contributed by atoms with Crippen LogP contribution >= 0.6 is 0 Å². The second-order valence-electron chi connectivity index (χ2n) is 13.6. The number of hydrogen-bond acceptors (Lipinski definition) is 10. The highest BCUT2D eigenvalue weighted by Gasteiger charge is 2.29. The van der Waals surface area contributed by atoms with E-state index in [4.69, 9.17) is 24.2 Å². The molecular weight excluding hydrogens is 642 g/mol. The van der Waals surface area contributed by atoms with Crippen LogP contribution < -0.4 is 19.9 Å². The van der Waals surface area contributed by atoms with Crippen molar-refractivity contribution in [2.24, 2.45) is 0 Å². The summed E-state index contributed by atoms with van der Waals surface area (Å²) in [5.74, 6) is 2.56. The fourth-order valence-corrected chi connectivity index (χ4v) is 7.14. The lowest BCUT2D eigenvalue weighted by Crippen LogP contribution is -2.49. The maximum atomic E-state index is 12.9. The highest BCUT2D eigenvalue weighted by atomic mass is 16.6. The van der Waals surface area contributed by atoms with Crippen molar-refractivity contribution in [3.05, 3.63) is 83.6 Å². The Morgan fingerprint density at radius 3 is 2.51 bits per heavy atom. The molecule has 2 fully saturated rings. The van der Waals surface area contributed by atoms with E-state index in [-0.39, 0.29) is 12.7 Å². The molecule has 1 N–H and O–H groups in total. The lowest BCUT2D eigenvalue weighted by atomic mass is 10.0. The van der Waals surface area contributed by atoms with Crippen LogP contribution in [0.5, 0.6) is 5.75 Å². The van der Waals surface area contributed by atoms with Crippen LogP contribution in [-0.2, 0) is 29.0 Å². The van der Waals surface area contributed by atoms with Crippen molar-refractivity contribution in [2.75, 3.05) is 93.8 Å². The predicted octanol–water partition coefficient (Wildman–Crippen LogP) is 5.96. The molecule has 0 bridgehead atoms. The van der Waals surface area contributed by atoms with Crippen LogP contribution in [0, 0.1) is 0 Å². The largest absolute Gasteiger partial charge is 0.493 e. The van der Waals surface area contributed by atoms with Gasteiger partial charge in [0.2, 0.25) is 5.95 Å². The van der Waals surface area contributed by atoms with Gasteiger partial charge in [-0.1, -0.05) is 67.9 Å². The molecule has 270 valence electrons. The third-order valence-corrected chi connectivity index (χ3v) is 10.0. The van der Waals surface area contributed by atoms with Crippen molar-refractivity contribution >= 4 is 34.3 Å². The van der Waals surface area contributed by atoms with E-state index >= 15 is 0 Å².